The molecule has 2 rings (SSSR count). The van der Waals surface area contributed by atoms with Crippen LogP contribution in [-0.4, -0.2) is 49.1 Å². The largest absolute Gasteiger partial charge is 0.397 e. The summed E-state index contributed by atoms with van der Waals surface area (Å²) in [7, 11) is 1.65. The average Bonchev–Trinajstić information content (AvgIpc) is 2.39. The predicted octanol–water partition coefficient (Wildman–Crippen LogP) is 0.125. The summed E-state index contributed by atoms with van der Waals surface area (Å²) >= 11 is 0. The number of pyridine rings is 1. The average molecular weight is 235 g/mol. The summed E-state index contributed by atoms with van der Waals surface area (Å²) < 4.78 is 0. The molecule has 0 bridgehead atoms. The Kier molecular flexibility index (Phi) is 3.32. The van der Waals surface area contributed by atoms with E-state index in [1.807, 2.05) is 12.1 Å². The standard InChI is InChI=1S/C11H17N5O/c1-13-11(17)16-6-4-15(5-7-16)10-3-2-9(12)8-14-10/h2-3,8H,4-7,12H2,1H3,(H,13,17). The third kappa shape index (κ3) is 2.58. The van der Waals surface area contributed by atoms with Crippen molar-refractivity contribution in [3.63, 3.8) is 0 Å². The zero-order valence-electron chi connectivity index (χ0n) is 9.89. The third-order valence-electron chi connectivity index (χ3n) is 2.88. The number of hydrogen-bond acceptors (Lipinski definition) is 4. The van der Waals surface area contributed by atoms with E-state index in [4.69, 9.17) is 5.73 Å². The highest BCUT2D eigenvalue weighted by Gasteiger charge is 2.20. The molecule has 0 atom stereocenters. The molecular weight excluding hydrogens is 218 g/mol. The van der Waals surface area contributed by atoms with E-state index in [9.17, 15) is 4.79 Å². The summed E-state index contributed by atoms with van der Waals surface area (Å²) in [5.41, 5.74) is 6.26. The van der Waals surface area contributed by atoms with Gasteiger partial charge in [-0.05, 0) is 12.1 Å². The van der Waals surface area contributed by atoms with Crippen LogP contribution in [0.15, 0.2) is 18.3 Å². The van der Waals surface area contributed by atoms with Crippen LogP contribution in [0.2, 0.25) is 0 Å². The van der Waals surface area contributed by atoms with Crippen molar-refractivity contribution in [2.45, 2.75) is 0 Å². The van der Waals surface area contributed by atoms with E-state index in [0.29, 0.717) is 18.8 Å². The number of carbonyl (C=O) groups excluding carboxylic acids is 1. The number of anilines is 2. The fraction of sp³-hybridized carbons (Fsp3) is 0.455. The molecule has 2 amide bonds. The molecule has 1 fully saturated rings. The van der Waals surface area contributed by atoms with E-state index < -0.39 is 0 Å². The Balaban J connectivity index is 1.95. The first-order chi connectivity index (χ1) is 8.20. The van der Waals surface area contributed by atoms with Crippen molar-refractivity contribution in [1.82, 2.24) is 15.2 Å². The topological polar surface area (TPSA) is 74.5 Å². The fourth-order valence-corrected chi connectivity index (χ4v) is 1.88. The van der Waals surface area contributed by atoms with Gasteiger partial charge in [0.15, 0.2) is 0 Å². The number of piperazine rings is 1. The second-order valence-electron chi connectivity index (χ2n) is 3.98. The van der Waals surface area contributed by atoms with Gasteiger partial charge in [-0.15, -0.1) is 0 Å². The molecule has 1 aliphatic rings. The molecule has 1 aromatic rings. The van der Waals surface area contributed by atoms with Gasteiger partial charge in [0.1, 0.15) is 5.82 Å². The number of nitrogens with two attached hydrogens (primary N) is 1. The highest BCUT2D eigenvalue weighted by Crippen LogP contribution is 2.14. The number of carbonyl (C=O) groups is 1. The molecule has 1 saturated heterocycles. The first kappa shape index (κ1) is 11.5. The van der Waals surface area contributed by atoms with Crippen molar-refractivity contribution in [2.75, 3.05) is 43.9 Å². The lowest BCUT2D eigenvalue weighted by atomic mass is 10.3. The van der Waals surface area contributed by atoms with Gasteiger partial charge in [0.25, 0.3) is 0 Å². The molecule has 0 aliphatic carbocycles. The van der Waals surface area contributed by atoms with Crippen molar-refractivity contribution in [1.29, 1.82) is 0 Å². The molecule has 3 N–H and O–H groups in total. The summed E-state index contributed by atoms with van der Waals surface area (Å²) in [6.45, 7) is 3.02. The highest BCUT2D eigenvalue weighted by molar-refractivity contribution is 5.74. The number of nitrogens with one attached hydrogen (secondary N) is 1. The minimum atomic E-state index is -0.0186. The van der Waals surface area contributed by atoms with Crippen LogP contribution in [0.5, 0.6) is 0 Å². The first-order valence-electron chi connectivity index (χ1n) is 5.64. The Hall–Kier alpha value is -1.98. The van der Waals surface area contributed by atoms with Gasteiger partial charge in [-0.3, -0.25) is 0 Å². The first-order valence-corrected chi connectivity index (χ1v) is 5.64. The van der Waals surface area contributed by atoms with Crippen LogP contribution in [0.3, 0.4) is 0 Å². The second kappa shape index (κ2) is 4.90. The molecule has 6 nitrogen and oxygen atoms in total. The number of nitrogens with zero attached hydrogens (tertiary/aromatic N) is 3. The summed E-state index contributed by atoms with van der Waals surface area (Å²) in [6.07, 6.45) is 1.65. The molecule has 1 aliphatic heterocycles. The molecule has 0 saturated carbocycles. The Morgan fingerprint density at radius 3 is 2.59 bits per heavy atom. The molecular formula is C11H17N5O. The molecule has 0 aromatic carbocycles. The minimum absolute atomic E-state index is 0.0186. The highest BCUT2D eigenvalue weighted by atomic mass is 16.2. The van der Waals surface area contributed by atoms with E-state index >= 15 is 0 Å². The number of aromatic nitrogens is 1. The molecule has 0 unspecified atom stereocenters. The van der Waals surface area contributed by atoms with Gasteiger partial charge < -0.3 is 20.9 Å². The van der Waals surface area contributed by atoms with Crippen molar-refractivity contribution in [3.8, 4) is 0 Å². The summed E-state index contributed by atoms with van der Waals surface area (Å²) in [6, 6.07) is 3.73. The number of amides is 2. The van der Waals surface area contributed by atoms with Crippen LogP contribution in [0, 0.1) is 0 Å². The minimum Gasteiger partial charge on any atom is -0.397 e. The van der Waals surface area contributed by atoms with Gasteiger partial charge in [-0.1, -0.05) is 0 Å². The van der Waals surface area contributed by atoms with Crippen molar-refractivity contribution < 1.29 is 4.79 Å². The zero-order chi connectivity index (χ0) is 12.3. The van der Waals surface area contributed by atoms with Gasteiger partial charge in [0.2, 0.25) is 0 Å². The maximum Gasteiger partial charge on any atom is 0.317 e. The number of hydrogen-bond donors (Lipinski definition) is 2. The Bertz CT molecular complexity index is 383. The molecule has 2 heterocycles. The molecule has 0 radical (unpaired) electrons. The van der Waals surface area contributed by atoms with Crippen LogP contribution >= 0.6 is 0 Å². The van der Waals surface area contributed by atoms with Crippen LogP contribution in [0.25, 0.3) is 0 Å². The van der Waals surface area contributed by atoms with E-state index in [1.165, 1.54) is 0 Å². The van der Waals surface area contributed by atoms with Gasteiger partial charge in [-0.2, -0.15) is 0 Å². The lowest BCUT2D eigenvalue weighted by molar-refractivity contribution is 0.196. The van der Waals surface area contributed by atoms with Crippen LogP contribution in [-0.2, 0) is 0 Å². The molecule has 17 heavy (non-hydrogen) atoms. The maximum atomic E-state index is 11.4. The Morgan fingerprint density at radius 1 is 1.35 bits per heavy atom. The number of urea groups is 1. The van der Waals surface area contributed by atoms with E-state index in [1.54, 1.807) is 18.1 Å². The lowest BCUT2D eigenvalue weighted by Crippen LogP contribution is -2.51. The summed E-state index contributed by atoms with van der Waals surface area (Å²) in [4.78, 5) is 19.6. The predicted molar refractivity (Wildman–Crippen MR) is 66.9 cm³/mol. The molecule has 6 heteroatoms. The molecule has 92 valence electrons. The quantitative estimate of drug-likeness (QED) is 0.725. The summed E-state index contributed by atoms with van der Waals surface area (Å²) in [5.74, 6) is 0.913. The Labute approximate surface area is 100 Å². The SMILES string of the molecule is CNC(=O)N1CCN(c2ccc(N)cn2)CC1. The zero-order valence-corrected chi connectivity index (χ0v) is 9.89. The maximum absolute atomic E-state index is 11.4. The molecule has 0 spiro atoms. The fourth-order valence-electron chi connectivity index (χ4n) is 1.88. The summed E-state index contributed by atoms with van der Waals surface area (Å²) in [5, 5.41) is 2.63. The van der Waals surface area contributed by atoms with Gasteiger partial charge >= 0.3 is 6.03 Å². The number of rotatable bonds is 1. The van der Waals surface area contributed by atoms with Gasteiger partial charge in [0, 0.05) is 33.2 Å². The monoisotopic (exact) mass is 235 g/mol. The van der Waals surface area contributed by atoms with Crippen LogP contribution in [0.4, 0.5) is 16.3 Å². The van der Waals surface area contributed by atoms with Crippen molar-refractivity contribution in [3.05, 3.63) is 18.3 Å². The number of nitrogen functional groups attached to an aromatic ring is 1. The van der Waals surface area contributed by atoms with E-state index in [0.717, 1.165) is 18.9 Å². The van der Waals surface area contributed by atoms with E-state index in [-0.39, 0.29) is 6.03 Å². The van der Waals surface area contributed by atoms with Crippen LogP contribution in [0.1, 0.15) is 0 Å². The molecule has 1 aromatic heterocycles. The van der Waals surface area contributed by atoms with E-state index in [2.05, 4.69) is 15.2 Å². The Morgan fingerprint density at radius 2 is 2.06 bits per heavy atom. The van der Waals surface area contributed by atoms with Crippen molar-refractivity contribution >= 4 is 17.5 Å². The van der Waals surface area contributed by atoms with Crippen LogP contribution < -0.4 is 16.0 Å². The van der Waals surface area contributed by atoms with Crippen molar-refractivity contribution in [2.24, 2.45) is 0 Å². The van der Waals surface area contributed by atoms with Gasteiger partial charge in [0.05, 0.1) is 11.9 Å². The second-order valence-corrected chi connectivity index (χ2v) is 3.98. The third-order valence-corrected chi connectivity index (χ3v) is 2.88. The smallest absolute Gasteiger partial charge is 0.317 e. The lowest BCUT2D eigenvalue weighted by Gasteiger charge is -2.35. The normalized spacial score (nSPS) is 15.8. The van der Waals surface area contributed by atoms with Gasteiger partial charge in [-0.25, -0.2) is 9.78 Å².